The van der Waals surface area contributed by atoms with Crippen LogP contribution in [0.3, 0.4) is 0 Å². The molecular formula is C10H11NO4S2. The Balaban J connectivity index is 2.02. The molecule has 3 aliphatic rings. The van der Waals surface area contributed by atoms with Crippen molar-refractivity contribution < 1.29 is 18.0 Å². The van der Waals surface area contributed by atoms with Crippen molar-refractivity contribution in [1.29, 1.82) is 0 Å². The van der Waals surface area contributed by atoms with E-state index in [9.17, 15) is 9.59 Å². The minimum Gasteiger partial charge on any atom is -0.336 e. The van der Waals surface area contributed by atoms with Crippen LogP contribution in [0.15, 0.2) is 22.0 Å². The van der Waals surface area contributed by atoms with E-state index in [4.69, 9.17) is 8.37 Å². The van der Waals surface area contributed by atoms with Crippen molar-refractivity contribution in [1.82, 2.24) is 5.32 Å². The number of rotatable bonds is 0. The molecule has 0 fully saturated rings. The molecule has 7 heteroatoms. The van der Waals surface area contributed by atoms with Crippen LogP contribution in [0.25, 0.3) is 0 Å². The number of hydrogen-bond acceptors (Lipinski definition) is 6. The highest BCUT2D eigenvalue weighted by molar-refractivity contribution is 8.31. The van der Waals surface area contributed by atoms with Crippen LogP contribution in [0.1, 0.15) is 0 Å². The first-order valence-electron chi connectivity index (χ1n) is 5.21. The SMILES string of the molecule is O=C1C=CC(=O)OS2(CCSC3=C2CNC3)O1. The largest absolute Gasteiger partial charge is 0.354 e. The van der Waals surface area contributed by atoms with Gasteiger partial charge in [-0.25, -0.2) is 9.59 Å². The molecule has 3 rings (SSSR count). The lowest BCUT2D eigenvalue weighted by atomic mass is 10.5. The highest BCUT2D eigenvalue weighted by Crippen LogP contribution is 2.63. The molecule has 0 atom stereocenters. The van der Waals surface area contributed by atoms with Gasteiger partial charge in [0, 0.05) is 35.9 Å². The van der Waals surface area contributed by atoms with Crippen molar-refractivity contribution in [2.75, 3.05) is 24.6 Å². The molecule has 1 spiro atoms. The van der Waals surface area contributed by atoms with E-state index in [0.29, 0.717) is 12.3 Å². The molecular weight excluding hydrogens is 262 g/mol. The fourth-order valence-corrected chi connectivity index (χ4v) is 6.44. The van der Waals surface area contributed by atoms with Crippen LogP contribution in [-0.4, -0.2) is 36.5 Å². The Kier molecular flexibility index (Phi) is 2.68. The van der Waals surface area contributed by atoms with Gasteiger partial charge < -0.3 is 13.7 Å². The second kappa shape index (κ2) is 4.08. The maximum Gasteiger partial charge on any atom is 0.354 e. The summed E-state index contributed by atoms with van der Waals surface area (Å²) in [4.78, 5) is 25.2. The predicted octanol–water partition coefficient (Wildman–Crippen LogP) is 0.839. The third kappa shape index (κ3) is 1.88. The first-order chi connectivity index (χ1) is 8.20. The number of fused-ring (bicyclic) bond motifs is 1. The summed E-state index contributed by atoms with van der Waals surface area (Å²) in [6.45, 7) is 1.41. The van der Waals surface area contributed by atoms with Gasteiger partial charge in [-0.1, -0.05) is 10.6 Å². The molecule has 0 radical (unpaired) electrons. The third-order valence-corrected chi connectivity index (χ3v) is 6.96. The summed E-state index contributed by atoms with van der Waals surface area (Å²) in [5.41, 5.74) is 0. The second-order valence-electron chi connectivity index (χ2n) is 3.76. The lowest BCUT2D eigenvalue weighted by Gasteiger charge is -2.43. The molecule has 3 heterocycles. The highest BCUT2D eigenvalue weighted by Gasteiger charge is 2.40. The highest BCUT2D eigenvalue weighted by atomic mass is 32.3. The third-order valence-electron chi connectivity index (χ3n) is 2.67. The lowest BCUT2D eigenvalue weighted by molar-refractivity contribution is -0.129. The standard InChI is InChI=1S/C10H11NO4S2/c12-9-1-2-10(13)15-17(14-9)4-3-16-7-5-11-6-8(7)17/h1-2,11H,3-6H2. The number of hydrogen-bond donors (Lipinski definition) is 1. The maximum atomic E-state index is 11.5. The Bertz CT molecular complexity index is 437. The molecule has 92 valence electrons. The van der Waals surface area contributed by atoms with Crippen molar-refractivity contribution in [3.05, 3.63) is 22.0 Å². The van der Waals surface area contributed by atoms with E-state index in [2.05, 4.69) is 5.32 Å². The monoisotopic (exact) mass is 273 g/mol. The molecule has 5 nitrogen and oxygen atoms in total. The molecule has 3 aliphatic heterocycles. The molecule has 0 aromatic heterocycles. The molecule has 0 aromatic rings. The number of carbonyl (C=O) groups is 2. The van der Waals surface area contributed by atoms with E-state index >= 15 is 0 Å². The lowest BCUT2D eigenvalue weighted by Crippen LogP contribution is -2.23. The molecule has 17 heavy (non-hydrogen) atoms. The minimum absolute atomic E-state index is 0.489. The van der Waals surface area contributed by atoms with E-state index in [1.807, 2.05) is 0 Å². The zero-order chi connectivity index (χ0) is 11.9. The van der Waals surface area contributed by atoms with Gasteiger partial charge in [0.2, 0.25) is 0 Å². The molecule has 0 saturated heterocycles. The Labute approximate surface area is 104 Å². The smallest absolute Gasteiger partial charge is 0.336 e. The molecule has 0 amide bonds. The molecule has 0 aliphatic carbocycles. The maximum absolute atomic E-state index is 11.5. The first-order valence-corrected chi connectivity index (χ1v) is 7.85. The van der Waals surface area contributed by atoms with E-state index in [0.717, 1.165) is 34.3 Å². The van der Waals surface area contributed by atoms with E-state index < -0.39 is 22.5 Å². The number of nitrogens with one attached hydrogen (secondary N) is 1. The van der Waals surface area contributed by atoms with E-state index in [-0.39, 0.29) is 0 Å². The average molecular weight is 273 g/mol. The Morgan fingerprint density at radius 3 is 2.59 bits per heavy atom. The van der Waals surface area contributed by atoms with Crippen LogP contribution in [0.4, 0.5) is 0 Å². The summed E-state index contributed by atoms with van der Waals surface area (Å²) < 4.78 is 10.9. The van der Waals surface area contributed by atoms with Crippen LogP contribution in [-0.2, 0) is 18.0 Å². The van der Waals surface area contributed by atoms with Crippen molar-refractivity contribution in [3.8, 4) is 0 Å². The Morgan fingerprint density at radius 2 is 1.88 bits per heavy atom. The van der Waals surface area contributed by atoms with Crippen molar-refractivity contribution in [3.63, 3.8) is 0 Å². The van der Waals surface area contributed by atoms with Gasteiger partial charge in [-0.05, 0) is 0 Å². The summed E-state index contributed by atoms with van der Waals surface area (Å²) in [6.07, 6.45) is 2.27. The summed E-state index contributed by atoms with van der Waals surface area (Å²) >= 11 is 1.75. The predicted molar refractivity (Wildman–Crippen MR) is 66.1 cm³/mol. The number of carbonyl (C=O) groups excluding carboxylic acids is 2. The van der Waals surface area contributed by atoms with Crippen molar-refractivity contribution >= 4 is 34.3 Å². The fraction of sp³-hybridized carbons (Fsp3) is 0.400. The zero-order valence-electron chi connectivity index (χ0n) is 8.93. The first kappa shape index (κ1) is 11.2. The zero-order valence-corrected chi connectivity index (χ0v) is 10.6. The Morgan fingerprint density at radius 1 is 1.18 bits per heavy atom. The van der Waals surface area contributed by atoms with Gasteiger partial charge in [0.25, 0.3) is 0 Å². The van der Waals surface area contributed by atoms with Gasteiger partial charge in [-0.15, -0.1) is 11.8 Å². The van der Waals surface area contributed by atoms with Crippen molar-refractivity contribution in [2.24, 2.45) is 0 Å². The van der Waals surface area contributed by atoms with Gasteiger partial charge >= 0.3 is 11.9 Å². The second-order valence-corrected chi connectivity index (χ2v) is 7.41. The average Bonchev–Trinajstić information content (AvgIpc) is 2.71. The van der Waals surface area contributed by atoms with Crippen molar-refractivity contribution in [2.45, 2.75) is 0 Å². The van der Waals surface area contributed by atoms with E-state index in [1.54, 1.807) is 11.8 Å². The fourth-order valence-electron chi connectivity index (χ4n) is 1.96. The normalized spacial score (nSPS) is 28.5. The van der Waals surface area contributed by atoms with Gasteiger partial charge in [0.05, 0.1) is 10.7 Å². The summed E-state index contributed by atoms with van der Waals surface area (Å²) in [5.74, 6) is 0.432. The number of thioether (sulfide) groups is 1. The molecule has 0 aromatic carbocycles. The molecule has 0 unspecified atom stereocenters. The molecule has 1 N–H and O–H groups in total. The van der Waals surface area contributed by atoms with Gasteiger partial charge in [0.15, 0.2) is 0 Å². The Hall–Kier alpha value is -0.920. The minimum atomic E-state index is -2.18. The van der Waals surface area contributed by atoms with Crippen LogP contribution in [0.5, 0.6) is 0 Å². The molecule has 0 saturated carbocycles. The van der Waals surface area contributed by atoms with Gasteiger partial charge in [-0.2, -0.15) is 0 Å². The summed E-state index contributed by atoms with van der Waals surface area (Å²) in [5, 5.41) is 3.21. The van der Waals surface area contributed by atoms with Gasteiger partial charge in [0.1, 0.15) is 0 Å². The quantitative estimate of drug-likeness (QED) is 0.705. The van der Waals surface area contributed by atoms with Crippen LogP contribution < -0.4 is 5.32 Å². The van der Waals surface area contributed by atoms with Crippen LogP contribution in [0.2, 0.25) is 0 Å². The van der Waals surface area contributed by atoms with Crippen LogP contribution >= 0.6 is 22.4 Å². The van der Waals surface area contributed by atoms with E-state index in [1.165, 1.54) is 0 Å². The summed E-state index contributed by atoms with van der Waals surface area (Å²) in [6, 6.07) is 0. The van der Waals surface area contributed by atoms with Crippen LogP contribution in [0, 0.1) is 0 Å². The topological polar surface area (TPSA) is 64.6 Å². The molecule has 0 bridgehead atoms. The summed E-state index contributed by atoms with van der Waals surface area (Å²) in [7, 11) is -2.18. The van der Waals surface area contributed by atoms with Gasteiger partial charge in [-0.3, -0.25) is 0 Å².